The minimum atomic E-state index is -3.92. The second kappa shape index (κ2) is 10.6. The molecule has 1 unspecified atom stereocenters. The molecule has 1 aliphatic rings. The molecule has 1 N–H and O–H groups in total. The van der Waals surface area contributed by atoms with E-state index in [1.807, 2.05) is 0 Å². The fourth-order valence-electron chi connectivity index (χ4n) is 3.02. The average molecular weight is 351 g/mol. The first-order chi connectivity index (χ1) is 10.9. The van der Waals surface area contributed by atoms with E-state index >= 15 is 0 Å². The Morgan fingerprint density at radius 3 is 1.87 bits per heavy atom. The fourth-order valence-corrected chi connectivity index (χ4v) is 3.84. The van der Waals surface area contributed by atoms with Crippen LogP contribution in [0.2, 0.25) is 0 Å². The minimum Gasteiger partial charge on any atom is -0.342 e. The summed E-state index contributed by atoms with van der Waals surface area (Å²) in [5, 5.41) is 9.55. The van der Waals surface area contributed by atoms with Gasteiger partial charge in [0.1, 0.15) is 0 Å². The van der Waals surface area contributed by atoms with Crippen LogP contribution in [0.4, 0.5) is 0 Å². The van der Waals surface area contributed by atoms with Crippen molar-refractivity contribution in [2.75, 3.05) is 0 Å². The molecule has 0 aromatic heterocycles. The molecule has 1 rings (SSSR count). The molecule has 0 saturated carbocycles. The van der Waals surface area contributed by atoms with Crippen LogP contribution in [0.15, 0.2) is 0 Å². The Labute approximate surface area is 142 Å². The van der Waals surface area contributed by atoms with Crippen molar-refractivity contribution in [1.82, 2.24) is 0 Å². The van der Waals surface area contributed by atoms with Crippen LogP contribution in [0.5, 0.6) is 0 Å². The van der Waals surface area contributed by atoms with Crippen LogP contribution in [0.25, 0.3) is 0 Å². The summed E-state index contributed by atoms with van der Waals surface area (Å²) in [4.78, 5) is 0. The maximum atomic E-state index is 10.7. The molecule has 1 fully saturated rings. The Bertz CT molecular complexity index is 395. The lowest BCUT2D eigenvalue weighted by Gasteiger charge is -2.33. The Morgan fingerprint density at radius 1 is 0.870 bits per heavy atom. The van der Waals surface area contributed by atoms with Gasteiger partial charge in [-0.15, -0.1) is 0 Å². The van der Waals surface area contributed by atoms with Crippen LogP contribution < -0.4 is 0 Å². The van der Waals surface area contributed by atoms with Crippen molar-refractivity contribution in [3.8, 4) is 0 Å². The number of hydrogen-bond donors (Lipinski definition) is 1. The predicted octanol–water partition coefficient (Wildman–Crippen LogP) is 4.65. The van der Waals surface area contributed by atoms with Gasteiger partial charge in [-0.2, -0.15) is 16.8 Å². The Morgan fingerprint density at radius 2 is 1.35 bits per heavy atom. The highest BCUT2D eigenvalue weighted by molar-refractivity contribution is 7.82. The maximum Gasteiger partial charge on any atom is 0.409 e. The standard InChI is InChI=1S/C17H34O5S/c1-3-4-5-6-7-8-10-13-16(2)14-11-9-12-15-17(18)21-23(19,20)22-17/h16,18H,3-15H2,1-2H3. The third-order valence-electron chi connectivity index (χ3n) is 4.45. The Hall–Kier alpha value is -0.170. The van der Waals surface area contributed by atoms with Crippen molar-refractivity contribution in [2.24, 2.45) is 5.92 Å². The zero-order chi connectivity index (χ0) is 17.2. The molecule has 23 heavy (non-hydrogen) atoms. The predicted molar refractivity (Wildman–Crippen MR) is 90.9 cm³/mol. The van der Waals surface area contributed by atoms with Gasteiger partial charge in [0.25, 0.3) is 0 Å². The van der Waals surface area contributed by atoms with E-state index in [9.17, 15) is 13.5 Å². The van der Waals surface area contributed by atoms with Crippen LogP contribution in [0, 0.1) is 5.92 Å². The highest BCUT2D eigenvalue weighted by atomic mass is 32.3. The van der Waals surface area contributed by atoms with Crippen molar-refractivity contribution < 1.29 is 21.9 Å². The quantitative estimate of drug-likeness (QED) is 0.462. The largest absolute Gasteiger partial charge is 0.409 e. The van der Waals surface area contributed by atoms with Gasteiger partial charge in [-0.05, 0) is 12.3 Å². The molecule has 5 nitrogen and oxygen atoms in total. The van der Waals surface area contributed by atoms with Gasteiger partial charge in [0, 0.05) is 6.42 Å². The smallest absolute Gasteiger partial charge is 0.342 e. The molecule has 1 heterocycles. The second-order valence-electron chi connectivity index (χ2n) is 6.90. The molecule has 1 atom stereocenters. The lowest BCUT2D eigenvalue weighted by atomic mass is 9.96. The second-order valence-corrected chi connectivity index (χ2v) is 8.05. The van der Waals surface area contributed by atoms with E-state index in [0.29, 0.717) is 6.42 Å². The van der Waals surface area contributed by atoms with E-state index in [1.165, 1.54) is 57.8 Å². The van der Waals surface area contributed by atoms with Gasteiger partial charge >= 0.3 is 16.4 Å². The molecule has 0 radical (unpaired) electrons. The number of hydrogen-bond acceptors (Lipinski definition) is 5. The minimum absolute atomic E-state index is 0.207. The van der Waals surface area contributed by atoms with Gasteiger partial charge in [-0.3, -0.25) is 0 Å². The zero-order valence-corrected chi connectivity index (χ0v) is 15.6. The van der Waals surface area contributed by atoms with Gasteiger partial charge in [0.2, 0.25) is 0 Å². The summed E-state index contributed by atoms with van der Waals surface area (Å²) in [5.74, 6) is -1.16. The van der Waals surface area contributed by atoms with E-state index < -0.39 is 16.4 Å². The van der Waals surface area contributed by atoms with Crippen molar-refractivity contribution in [1.29, 1.82) is 0 Å². The lowest BCUT2D eigenvalue weighted by Crippen LogP contribution is -2.50. The van der Waals surface area contributed by atoms with Crippen LogP contribution in [-0.2, 0) is 18.8 Å². The molecule has 0 aromatic rings. The summed E-state index contributed by atoms with van der Waals surface area (Å²) in [5.41, 5.74) is 0. The van der Waals surface area contributed by atoms with E-state index in [2.05, 4.69) is 22.2 Å². The first-order valence-electron chi connectivity index (χ1n) is 9.25. The molecule has 0 aromatic carbocycles. The molecular weight excluding hydrogens is 316 g/mol. The van der Waals surface area contributed by atoms with Crippen LogP contribution in [-0.4, -0.2) is 19.5 Å². The SMILES string of the molecule is CCCCCCCCCC(C)CCCCCC1(O)OS(=O)(=O)O1. The number of aliphatic hydroxyl groups is 1. The summed E-state index contributed by atoms with van der Waals surface area (Å²) in [6.45, 7) is 4.55. The molecule has 0 spiro atoms. The molecular formula is C17H34O5S. The molecule has 1 aliphatic heterocycles. The molecule has 0 amide bonds. The van der Waals surface area contributed by atoms with Crippen molar-refractivity contribution in [3.05, 3.63) is 0 Å². The Kier molecular flexibility index (Phi) is 9.66. The van der Waals surface area contributed by atoms with Gasteiger partial charge in [0.15, 0.2) is 0 Å². The zero-order valence-electron chi connectivity index (χ0n) is 14.8. The topological polar surface area (TPSA) is 72.8 Å². The third kappa shape index (κ3) is 9.65. The molecule has 138 valence electrons. The van der Waals surface area contributed by atoms with E-state index in [1.54, 1.807) is 0 Å². The van der Waals surface area contributed by atoms with Crippen LogP contribution in [0.3, 0.4) is 0 Å². The maximum absolute atomic E-state index is 10.7. The monoisotopic (exact) mass is 350 g/mol. The molecule has 6 heteroatoms. The van der Waals surface area contributed by atoms with Crippen LogP contribution >= 0.6 is 0 Å². The molecule has 1 saturated heterocycles. The van der Waals surface area contributed by atoms with Crippen molar-refractivity contribution in [3.63, 3.8) is 0 Å². The highest BCUT2D eigenvalue weighted by Crippen LogP contribution is 2.33. The van der Waals surface area contributed by atoms with Crippen molar-refractivity contribution in [2.45, 2.75) is 103 Å². The number of unbranched alkanes of at least 4 members (excludes halogenated alkanes) is 8. The summed E-state index contributed by atoms with van der Waals surface area (Å²) < 4.78 is 30.0. The van der Waals surface area contributed by atoms with E-state index in [-0.39, 0.29) is 6.42 Å². The summed E-state index contributed by atoms with van der Waals surface area (Å²) in [6.07, 6.45) is 14.9. The average Bonchev–Trinajstić information content (AvgIpc) is 2.43. The fraction of sp³-hybridized carbons (Fsp3) is 1.00. The van der Waals surface area contributed by atoms with Crippen molar-refractivity contribution >= 4 is 10.4 Å². The summed E-state index contributed by atoms with van der Waals surface area (Å²) in [6, 6.07) is 0. The van der Waals surface area contributed by atoms with Crippen LogP contribution in [0.1, 0.15) is 97.3 Å². The third-order valence-corrected chi connectivity index (χ3v) is 5.38. The first kappa shape index (κ1) is 20.9. The summed E-state index contributed by atoms with van der Waals surface area (Å²) in [7, 11) is -3.92. The molecule has 0 aliphatic carbocycles. The van der Waals surface area contributed by atoms with Gasteiger partial charge in [-0.1, -0.05) is 84.5 Å². The van der Waals surface area contributed by atoms with Gasteiger partial charge in [0.05, 0.1) is 0 Å². The highest BCUT2D eigenvalue weighted by Gasteiger charge is 2.50. The van der Waals surface area contributed by atoms with Gasteiger partial charge < -0.3 is 5.11 Å². The normalized spacial score (nSPS) is 20.1. The molecule has 0 bridgehead atoms. The van der Waals surface area contributed by atoms with E-state index in [0.717, 1.165) is 18.8 Å². The summed E-state index contributed by atoms with van der Waals surface area (Å²) >= 11 is 0. The first-order valence-corrected chi connectivity index (χ1v) is 10.6. The number of rotatable bonds is 14. The Balaban J connectivity index is 1.87. The van der Waals surface area contributed by atoms with E-state index in [4.69, 9.17) is 0 Å². The van der Waals surface area contributed by atoms with Gasteiger partial charge in [-0.25, -0.2) is 0 Å². The lowest BCUT2D eigenvalue weighted by molar-refractivity contribution is -0.329.